The summed E-state index contributed by atoms with van der Waals surface area (Å²) < 4.78 is 15.7. The molecular weight excluding hydrogens is 244 g/mol. The predicted octanol–water partition coefficient (Wildman–Crippen LogP) is 3.05. The Morgan fingerprint density at radius 3 is 2.63 bits per heavy atom. The van der Waals surface area contributed by atoms with Crippen molar-refractivity contribution in [1.82, 2.24) is 0 Å². The zero-order valence-corrected chi connectivity index (χ0v) is 11.5. The van der Waals surface area contributed by atoms with Crippen LogP contribution in [0.5, 0.6) is 11.5 Å². The van der Waals surface area contributed by atoms with Crippen molar-refractivity contribution in [2.75, 3.05) is 20.8 Å². The molecule has 1 aromatic rings. The molecule has 1 fully saturated rings. The molecule has 0 saturated heterocycles. The van der Waals surface area contributed by atoms with Crippen LogP contribution in [0, 0.1) is 5.92 Å². The van der Waals surface area contributed by atoms with E-state index in [0.29, 0.717) is 29.6 Å². The molecule has 0 aliphatic heterocycles. The molecule has 0 amide bonds. The lowest BCUT2D eigenvalue weighted by atomic mass is 10.1. The van der Waals surface area contributed by atoms with Gasteiger partial charge in [-0.25, -0.2) is 4.79 Å². The number of benzene rings is 1. The zero-order valence-electron chi connectivity index (χ0n) is 11.5. The first kappa shape index (κ1) is 13.7. The largest absolute Gasteiger partial charge is 0.497 e. The quantitative estimate of drug-likeness (QED) is 0.767. The number of rotatable bonds is 5. The Bertz CT molecular complexity index is 436. The molecule has 0 spiro atoms. The van der Waals surface area contributed by atoms with Crippen LogP contribution in [0.3, 0.4) is 0 Å². The second-order valence-electron chi connectivity index (χ2n) is 4.82. The molecular formula is C15H20O4. The van der Waals surface area contributed by atoms with Gasteiger partial charge in [0.05, 0.1) is 20.8 Å². The van der Waals surface area contributed by atoms with E-state index in [1.54, 1.807) is 25.3 Å². The fraction of sp³-hybridized carbons (Fsp3) is 0.533. The molecule has 0 bridgehead atoms. The summed E-state index contributed by atoms with van der Waals surface area (Å²) in [7, 11) is 2.96. The van der Waals surface area contributed by atoms with Crippen molar-refractivity contribution in [1.29, 1.82) is 0 Å². The Balaban J connectivity index is 2.12. The van der Waals surface area contributed by atoms with Crippen molar-refractivity contribution < 1.29 is 19.0 Å². The first-order chi connectivity index (χ1) is 9.24. The van der Waals surface area contributed by atoms with E-state index in [4.69, 9.17) is 14.2 Å². The highest BCUT2D eigenvalue weighted by molar-refractivity contribution is 5.92. The molecule has 1 aliphatic carbocycles. The van der Waals surface area contributed by atoms with Gasteiger partial charge >= 0.3 is 5.97 Å². The van der Waals surface area contributed by atoms with Gasteiger partial charge in [0, 0.05) is 6.07 Å². The smallest absolute Gasteiger partial charge is 0.341 e. The minimum atomic E-state index is -0.385. The van der Waals surface area contributed by atoms with Gasteiger partial charge in [-0.1, -0.05) is 12.8 Å². The molecule has 0 heterocycles. The molecule has 0 unspecified atom stereocenters. The SMILES string of the molecule is COC(=O)c1ccc(OC)cc1OCC1CCCC1. The second-order valence-corrected chi connectivity index (χ2v) is 4.82. The molecule has 1 aliphatic rings. The monoisotopic (exact) mass is 264 g/mol. The van der Waals surface area contributed by atoms with Gasteiger partial charge in [0.25, 0.3) is 0 Å². The van der Waals surface area contributed by atoms with Gasteiger partial charge in [-0.3, -0.25) is 0 Å². The maximum Gasteiger partial charge on any atom is 0.341 e. The summed E-state index contributed by atoms with van der Waals surface area (Å²) in [5.74, 6) is 1.42. The molecule has 1 saturated carbocycles. The van der Waals surface area contributed by atoms with Crippen LogP contribution in [0.2, 0.25) is 0 Å². The minimum Gasteiger partial charge on any atom is -0.497 e. The van der Waals surface area contributed by atoms with E-state index in [9.17, 15) is 4.79 Å². The van der Waals surface area contributed by atoms with Crippen LogP contribution in [0.15, 0.2) is 18.2 Å². The van der Waals surface area contributed by atoms with E-state index in [-0.39, 0.29) is 5.97 Å². The van der Waals surface area contributed by atoms with Crippen LogP contribution in [0.4, 0.5) is 0 Å². The van der Waals surface area contributed by atoms with Crippen molar-refractivity contribution in [3.63, 3.8) is 0 Å². The van der Waals surface area contributed by atoms with Crippen LogP contribution in [0.1, 0.15) is 36.0 Å². The van der Waals surface area contributed by atoms with Crippen LogP contribution >= 0.6 is 0 Å². The average Bonchev–Trinajstić information content (AvgIpc) is 2.97. The van der Waals surface area contributed by atoms with Gasteiger partial charge in [0.1, 0.15) is 17.1 Å². The van der Waals surface area contributed by atoms with Crippen LogP contribution in [-0.4, -0.2) is 26.8 Å². The highest BCUT2D eigenvalue weighted by Gasteiger charge is 2.18. The second kappa shape index (κ2) is 6.45. The summed E-state index contributed by atoms with van der Waals surface area (Å²) in [5.41, 5.74) is 0.446. The fourth-order valence-electron chi connectivity index (χ4n) is 2.41. The molecule has 0 aromatic heterocycles. The normalized spacial score (nSPS) is 15.3. The molecule has 4 heteroatoms. The highest BCUT2D eigenvalue weighted by atomic mass is 16.5. The number of hydrogen-bond donors (Lipinski definition) is 0. The van der Waals surface area contributed by atoms with E-state index in [1.807, 2.05) is 0 Å². The van der Waals surface area contributed by atoms with Crippen molar-refractivity contribution in [3.05, 3.63) is 23.8 Å². The molecule has 0 radical (unpaired) electrons. The third kappa shape index (κ3) is 3.40. The topological polar surface area (TPSA) is 44.8 Å². The van der Waals surface area contributed by atoms with Crippen molar-refractivity contribution in [2.24, 2.45) is 5.92 Å². The fourth-order valence-corrected chi connectivity index (χ4v) is 2.41. The lowest BCUT2D eigenvalue weighted by Crippen LogP contribution is -2.11. The lowest BCUT2D eigenvalue weighted by Gasteiger charge is -2.14. The third-order valence-corrected chi connectivity index (χ3v) is 3.54. The van der Waals surface area contributed by atoms with Crippen molar-refractivity contribution in [2.45, 2.75) is 25.7 Å². The third-order valence-electron chi connectivity index (χ3n) is 3.54. The Morgan fingerprint density at radius 1 is 1.26 bits per heavy atom. The maximum atomic E-state index is 11.7. The number of ether oxygens (including phenoxy) is 3. The first-order valence-electron chi connectivity index (χ1n) is 6.63. The molecule has 0 N–H and O–H groups in total. The summed E-state index contributed by atoms with van der Waals surface area (Å²) >= 11 is 0. The van der Waals surface area contributed by atoms with Gasteiger partial charge in [-0.05, 0) is 30.9 Å². The summed E-state index contributed by atoms with van der Waals surface area (Å²) in [4.78, 5) is 11.7. The Kier molecular flexibility index (Phi) is 4.66. The van der Waals surface area contributed by atoms with Crippen molar-refractivity contribution in [3.8, 4) is 11.5 Å². The molecule has 19 heavy (non-hydrogen) atoms. The summed E-state index contributed by atoms with van der Waals surface area (Å²) in [6, 6.07) is 5.14. The highest BCUT2D eigenvalue weighted by Crippen LogP contribution is 2.29. The molecule has 2 rings (SSSR count). The molecule has 104 valence electrons. The van der Waals surface area contributed by atoms with Gasteiger partial charge in [-0.15, -0.1) is 0 Å². The number of esters is 1. The van der Waals surface area contributed by atoms with Gasteiger partial charge in [-0.2, -0.15) is 0 Å². The minimum absolute atomic E-state index is 0.385. The Hall–Kier alpha value is -1.71. The summed E-state index contributed by atoms with van der Waals surface area (Å²) in [6.45, 7) is 0.650. The van der Waals surface area contributed by atoms with Gasteiger partial charge < -0.3 is 14.2 Å². The Morgan fingerprint density at radius 2 is 2.00 bits per heavy atom. The van der Waals surface area contributed by atoms with E-state index >= 15 is 0 Å². The lowest BCUT2D eigenvalue weighted by molar-refractivity contribution is 0.0595. The molecule has 1 aromatic carbocycles. The number of hydrogen-bond acceptors (Lipinski definition) is 4. The maximum absolute atomic E-state index is 11.7. The van der Waals surface area contributed by atoms with E-state index < -0.39 is 0 Å². The van der Waals surface area contributed by atoms with Gasteiger partial charge in [0.2, 0.25) is 0 Å². The van der Waals surface area contributed by atoms with Crippen LogP contribution in [-0.2, 0) is 4.74 Å². The predicted molar refractivity (Wildman–Crippen MR) is 71.8 cm³/mol. The Labute approximate surface area is 113 Å². The molecule has 0 atom stereocenters. The number of carbonyl (C=O) groups is 1. The first-order valence-corrected chi connectivity index (χ1v) is 6.63. The van der Waals surface area contributed by atoms with E-state index in [2.05, 4.69) is 0 Å². The summed E-state index contributed by atoms with van der Waals surface area (Å²) in [6.07, 6.45) is 4.96. The standard InChI is InChI=1S/C15H20O4/c1-17-12-7-8-13(15(16)18-2)14(9-12)19-10-11-5-3-4-6-11/h7-9,11H,3-6,10H2,1-2H3. The van der Waals surface area contributed by atoms with Gasteiger partial charge in [0.15, 0.2) is 0 Å². The number of methoxy groups -OCH3 is 2. The van der Waals surface area contributed by atoms with Crippen molar-refractivity contribution >= 4 is 5.97 Å². The summed E-state index contributed by atoms with van der Waals surface area (Å²) in [5, 5.41) is 0. The van der Waals surface area contributed by atoms with Crippen LogP contribution < -0.4 is 9.47 Å². The average molecular weight is 264 g/mol. The molecule has 4 nitrogen and oxygen atoms in total. The van der Waals surface area contributed by atoms with E-state index in [1.165, 1.54) is 32.8 Å². The number of carbonyl (C=O) groups excluding carboxylic acids is 1. The zero-order chi connectivity index (χ0) is 13.7. The van der Waals surface area contributed by atoms with E-state index in [0.717, 1.165) is 0 Å². The van der Waals surface area contributed by atoms with Crippen LogP contribution in [0.25, 0.3) is 0 Å².